The lowest BCUT2D eigenvalue weighted by molar-refractivity contribution is 0.289. The van der Waals surface area contributed by atoms with Crippen LogP contribution >= 0.6 is 11.6 Å². The molecule has 0 aliphatic heterocycles. The quantitative estimate of drug-likeness (QED) is 0.684. The van der Waals surface area contributed by atoms with Crippen molar-refractivity contribution in [3.63, 3.8) is 0 Å². The van der Waals surface area contributed by atoms with Gasteiger partial charge in [0.2, 0.25) is 5.88 Å². The molecule has 0 atom stereocenters. The summed E-state index contributed by atoms with van der Waals surface area (Å²) in [6, 6.07) is 12.8. The van der Waals surface area contributed by atoms with E-state index in [1.54, 1.807) is 22.8 Å². The molecular weight excluding hydrogens is 316 g/mol. The van der Waals surface area contributed by atoms with E-state index in [4.69, 9.17) is 16.3 Å². The van der Waals surface area contributed by atoms with Crippen LogP contribution in [-0.4, -0.2) is 16.3 Å². The van der Waals surface area contributed by atoms with Gasteiger partial charge in [0.05, 0.1) is 17.1 Å². The van der Waals surface area contributed by atoms with E-state index < -0.39 is 0 Å². The molecule has 6 heteroatoms. The van der Waals surface area contributed by atoms with E-state index >= 15 is 0 Å². The summed E-state index contributed by atoms with van der Waals surface area (Å²) in [6.07, 6.45) is 0. The second-order valence-electron chi connectivity index (χ2n) is 5.17. The highest BCUT2D eigenvalue weighted by Crippen LogP contribution is 2.41. The fourth-order valence-electron chi connectivity index (χ4n) is 2.61. The van der Waals surface area contributed by atoms with E-state index in [-0.39, 0.29) is 11.6 Å². The Labute approximate surface area is 138 Å². The van der Waals surface area contributed by atoms with Gasteiger partial charge in [0.25, 0.3) is 0 Å². The van der Waals surface area contributed by atoms with Gasteiger partial charge in [0.15, 0.2) is 5.69 Å². The highest BCUT2D eigenvalue weighted by atomic mass is 35.5. The first-order chi connectivity index (χ1) is 11.1. The van der Waals surface area contributed by atoms with E-state index in [0.717, 1.165) is 11.3 Å². The van der Waals surface area contributed by atoms with Gasteiger partial charge in [-0.3, -0.25) is 0 Å². The monoisotopic (exact) mass is 330 g/mol. The van der Waals surface area contributed by atoms with E-state index in [0.29, 0.717) is 29.1 Å². The number of nitrogens with zero attached hydrogens (tertiary/aromatic N) is 2. The van der Waals surface area contributed by atoms with Crippen LogP contribution in [0.2, 0.25) is 5.02 Å². The summed E-state index contributed by atoms with van der Waals surface area (Å²) < 4.78 is 7.29. The van der Waals surface area contributed by atoms with Crippen molar-refractivity contribution in [1.29, 1.82) is 0 Å². The number of benzene rings is 2. The lowest BCUT2D eigenvalue weighted by Gasteiger charge is -2.11. The topological polar surface area (TPSA) is 63.8 Å². The maximum absolute atomic E-state index is 11.0. The molecule has 0 spiro atoms. The third kappa shape index (κ3) is 2.75. The summed E-state index contributed by atoms with van der Waals surface area (Å²) in [5.41, 5.74) is 1.61. The molecule has 3 aromatic rings. The van der Waals surface area contributed by atoms with Gasteiger partial charge in [-0.05, 0) is 29.8 Å². The Morgan fingerprint density at radius 2 is 2.00 bits per heavy atom. The predicted octanol–water partition coefficient (Wildman–Crippen LogP) is 4.79. The van der Waals surface area contributed by atoms with E-state index in [2.05, 4.69) is 5.18 Å². The SMILES string of the molecule is Cc1ccccc1OCCn1c(O)c(N=O)c2cccc(Cl)c21. The molecule has 0 fully saturated rings. The zero-order chi connectivity index (χ0) is 16.4. The van der Waals surface area contributed by atoms with E-state index in [1.807, 2.05) is 31.2 Å². The number of hydrogen-bond acceptors (Lipinski definition) is 4. The van der Waals surface area contributed by atoms with Crippen molar-refractivity contribution in [2.45, 2.75) is 13.5 Å². The zero-order valence-corrected chi connectivity index (χ0v) is 13.2. The lowest BCUT2D eigenvalue weighted by atomic mass is 10.2. The molecule has 0 amide bonds. The van der Waals surface area contributed by atoms with Crippen LogP contribution in [0.15, 0.2) is 47.6 Å². The molecule has 1 heterocycles. The van der Waals surface area contributed by atoms with Crippen LogP contribution in [0.3, 0.4) is 0 Å². The fraction of sp³-hybridized carbons (Fsp3) is 0.176. The number of aromatic nitrogens is 1. The summed E-state index contributed by atoms with van der Waals surface area (Å²) in [7, 11) is 0. The molecule has 0 aliphatic carbocycles. The molecule has 23 heavy (non-hydrogen) atoms. The van der Waals surface area contributed by atoms with Gasteiger partial charge in [-0.25, -0.2) is 0 Å². The Balaban J connectivity index is 1.90. The number of nitroso groups, excluding NO2 is 1. The molecule has 118 valence electrons. The molecule has 0 unspecified atom stereocenters. The van der Waals surface area contributed by atoms with Crippen molar-refractivity contribution >= 4 is 28.2 Å². The normalized spacial score (nSPS) is 10.9. The second kappa shape index (κ2) is 6.30. The summed E-state index contributed by atoms with van der Waals surface area (Å²) in [4.78, 5) is 11.0. The molecule has 0 bridgehead atoms. The smallest absolute Gasteiger partial charge is 0.222 e. The van der Waals surface area contributed by atoms with Gasteiger partial charge >= 0.3 is 0 Å². The van der Waals surface area contributed by atoms with Crippen molar-refractivity contribution in [2.75, 3.05) is 6.61 Å². The van der Waals surface area contributed by atoms with Gasteiger partial charge in [-0.1, -0.05) is 41.9 Å². The molecule has 3 rings (SSSR count). The number of para-hydroxylation sites is 2. The largest absolute Gasteiger partial charge is 0.493 e. The van der Waals surface area contributed by atoms with Crippen molar-refractivity contribution in [1.82, 2.24) is 4.57 Å². The van der Waals surface area contributed by atoms with Crippen LogP contribution in [0.1, 0.15) is 5.56 Å². The molecule has 5 nitrogen and oxygen atoms in total. The van der Waals surface area contributed by atoms with Gasteiger partial charge in [-0.2, -0.15) is 0 Å². The first kappa shape index (κ1) is 15.4. The minimum absolute atomic E-state index is 0.00149. The number of ether oxygens (including phenoxy) is 1. The molecule has 0 radical (unpaired) electrons. The summed E-state index contributed by atoms with van der Waals surface area (Å²) in [5.74, 6) is 0.583. The molecule has 1 N–H and O–H groups in total. The van der Waals surface area contributed by atoms with Crippen LogP contribution < -0.4 is 4.74 Å². The molecule has 0 saturated carbocycles. The Morgan fingerprint density at radius 3 is 2.74 bits per heavy atom. The minimum atomic E-state index is -0.198. The Bertz CT molecular complexity index is 874. The van der Waals surface area contributed by atoms with E-state index in [9.17, 15) is 10.0 Å². The van der Waals surface area contributed by atoms with Crippen molar-refractivity contribution in [2.24, 2.45) is 5.18 Å². The number of hydrogen-bond donors (Lipinski definition) is 1. The Kier molecular flexibility index (Phi) is 4.21. The first-order valence-electron chi connectivity index (χ1n) is 7.15. The summed E-state index contributed by atoms with van der Waals surface area (Å²) in [5, 5.41) is 14.1. The second-order valence-corrected chi connectivity index (χ2v) is 5.57. The van der Waals surface area contributed by atoms with Crippen molar-refractivity contribution in [3.05, 3.63) is 58.0 Å². The standard InChI is InChI=1S/C17H15ClN2O3/c1-11-5-2-3-8-14(11)23-10-9-20-16-12(6-4-7-13(16)18)15(19-22)17(20)21/h2-8,21H,9-10H2,1H3. The fourth-order valence-corrected chi connectivity index (χ4v) is 2.88. The van der Waals surface area contributed by atoms with Crippen LogP contribution in [0, 0.1) is 11.8 Å². The third-order valence-corrected chi connectivity index (χ3v) is 4.04. The Morgan fingerprint density at radius 1 is 1.22 bits per heavy atom. The Hall–Kier alpha value is -2.53. The van der Waals surface area contributed by atoms with Crippen LogP contribution in [-0.2, 0) is 6.54 Å². The molecule has 0 saturated heterocycles. The number of aryl methyl sites for hydroxylation is 1. The molecule has 2 aromatic carbocycles. The van der Waals surface area contributed by atoms with E-state index in [1.165, 1.54) is 0 Å². The maximum atomic E-state index is 11.0. The average molecular weight is 331 g/mol. The predicted molar refractivity (Wildman–Crippen MR) is 90.7 cm³/mol. The summed E-state index contributed by atoms with van der Waals surface area (Å²) in [6.45, 7) is 2.63. The number of rotatable bonds is 5. The van der Waals surface area contributed by atoms with Gasteiger partial charge in [-0.15, -0.1) is 4.91 Å². The van der Waals surface area contributed by atoms with Crippen molar-refractivity contribution < 1.29 is 9.84 Å². The maximum Gasteiger partial charge on any atom is 0.222 e. The molecule has 1 aromatic heterocycles. The van der Waals surface area contributed by atoms with Crippen LogP contribution in [0.4, 0.5) is 5.69 Å². The zero-order valence-electron chi connectivity index (χ0n) is 12.5. The third-order valence-electron chi connectivity index (χ3n) is 3.74. The van der Waals surface area contributed by atoms with Gasteiger partial charge < -0.3 is 14.4 Å². The van der Waals surface area contributed by atoms with Gasteiger partial charge in [0.1, 0.15) is 12.4 Å². The number of halogens is 1. The number of aromatic hydroxyl groups is 1. The van der Waals surface area contributed by atoms with Crippen molar-refractivity contribution in [3.8, 4) is 11.6 Å². The molecule has 0 aliphatic rings. The number of fused-ring (bicyclic) bond motifs is 1. The van der Waals surface area contributed by atoms with Gasteiger partial charge in [0, 0.05) is 5.39 Å². The van der Waals surface area contributed by atoms with Crippen LogP contribution in [0.25, 0.3) is 10.9 Å². The first-order valence-corrected chi connectivity index (χ1v) is 7.52. The van der Waals surface area contributed by atoms with Crippen LogP contribution in [0.5, 0.6) is 11.6 Å². The molecular formula is C17H15ClN2O3. The minimum Gasteiger partial charge on any atom is -0.493 e. The summed E-state index contributed by atoms with van der Waals surface area (Å²) >= 11 is 6.21. The lowest BCUT2D eigenvalue weighted by Crippen LogP contribution is -2.08. The highest BCUT2D eigenvalue weighted by molar-refractivity contribution is 6.35. The average Bonchev–Trinajstić information content (AvgIpc) is 2.82. The highest BCUT2D eigenvalue weighted by Gasteiger charge is 2.19.